The summed E-state index contributed by atoms with van der Waals surface area (Å²) in [5.41, 5.74) is 0. The fourth-order valence-electron chi connectivity index (χ4n) is 1.57. The predicted octanol–water partition coefficient (Wildman–Crippen LogP) is 3.08. The summed E-state index contributed by atoms with van der Waals surface area (Å²) in [5.74, 6) is -1.33. The fourth-order valence-corrected chi connectivity index (χ4v) is 1.93. The van der Waals surface area contributed by atoms with E-state index < -0.39 is 18.2 Å². The van der Waals surface area contributed by atoms with Gasteiger partial charge in [-0.05, 0) is 30.4 Å². The van der Waals surface area contributed by atoms with Gasteiger partial charge in [-0.1, -0.05) is 0 Å². The van der Waals surface area contributed by atoms with Crippen LogP contribution < -0.4 is 0 Å². The zero-order chi connectivity index (χ0) is 13.6. The standard InChI is InChI=1S/C7H10F3NO2.C3H3NS/c8-7(9,10)5-1-3-11(4-2-5)6(12)13;1-2-4-5-3-1/h5H,1-4H2,(H,12,13);1-3H. The SMILES string of the molecule is O=C(O)N1CCC(C(F)(F)F)CC1.c1cnsc1. The molecule has 0 atom stereocenters. The lowest BCUT2D eigenvalue weighted by atomic mass is 9.97. The number of carbonyl (C=O) groups is 1. The Morgan fingerprint density at radius 1 is 1.39 bits per heavy atom. The highest BCUT2D eigenvalue weighted by Crippen LogP contribution is 2.33. The van der Waals surface area contributed by atoms with Gasteiger partial charge in [0.1, 0.15) is 0 Å². The summed E-state index contributed by atoms with van der Waals surface area (Å²) in [6.07, 6.45) is -3.78. The molecule has 1 aromatic rings. The van der Waals surface area contributed by atoms with E-state index in [9.17, 15) is 18.0 Å². The Balaban J connectivity index is 0.000000269. The minimum absolute atomic E-state index is 0.0144. The van der Waals surface area contributed by atoms with Gasteiger partial charge < -0.3 is 10.0 Å². The summed E-state index contributed by atoms with van der Waals surface area (Å²) in [4.78, 5) is 11.4. The molecule has 0 aromatic carbocycles. The third-order valence-corrected chi connectivity index (χ3v) is 3.10. The summed E-state index contributed by atoms with van der Waals surface area (Å²) in [6, 6.07) is 1.91. The number of amides is 1. The topological polar surface area (TPSA) is 53.4 Å². The number of hydrogen-bond acceptors (Lipinski definition) is 3. The molecule has 1 aliphatic rings. The second-order valence-corrected chi connectivity index (χ2v) is 4.47. The first kappa shape index (κ1) is 14.7. The molecule has 0 spiro atoms. The fraction of sp³-hybridized carbons (Fsp3) is 0.600. The average Bonchev–Trinajstić information content (AvgIpc) is 2.86. The van der Waals surface area contributed by atoms with E-state index in [0.717, 1.165) is 4.90 Å². The molecule has 1 saturated heterocycles. The first-order chi connectivity index (χ1) is 8.41. The van der Waals surface area contributed by atoms with Crippen LogP contribution in [0.4, 0.5) is 18.0 Å². The Labute approximate surface area is 106 Å². The molecule has 1 amide bonds. The van der Waals surface area contributed by atoms with Crippen molar-refractivity contribution in [3.05, 3.63) is 17.6 Å². The van der Waals surface area contributed by atoms with Crippen LogP contribution in [0.2, 0.25) is 0 Å². The number of carboxylic acid groups (broad SMARTS) is 1. The second kappa shape index (κ2) is 6.58. The smallest absolute Gasteiger partial charge is 0.407 e. The predicted molar refractivity (Wildman–Crippen MR) is 60.5 cm³/mol. The van der Waals surface area contributed by atoms with Gasteiger partial charge in [0.15, 0.2) is 0 Å². The van der Waals surface area contributed by atoms with Crippen molar-refractivity contribution in [2.24, 2.45) is 5.92 Å². The lowest BCUT2D eigenvalue weighted by Crippen LogP contribution is -2.41. The number of piperidine rings is 1. The van der Waals surface area contributed by atoms with Crippen molar-refractivity contribution in [3.63, 3.8) is 0 Å². The van der Waals surface area contributed by atoms with Gasteiger partial charge in [0.05, 0.1) is 5.92 Å². The largest absolute Gasteiger partial charge is 0.465 e. The third kappa shape index (κ3) is 4.91. The number of likely N-dealkylation sites (tertiary alicyclic amines) is 1. The number of aromatic nitrogens is 1. The van der Waals surface area contributed by atoms with E-state index in [4.69, 9.17) is 5.11 Å². The molecule has 18 heavy (non-hydrogen) atoms. The van der Waals surface area contributed by atoms with Crippen molar-refractivity contribution < 1.29 is 23.1 Å². The molecule has 1 N–H and O–H groups in total. The molecule has 0 saturated carbocycles. The van der Waals surface area contributed by atoms with Crippen LogP contribution in [0.1, 0.15) is 12.8 Å². The molecular weight excluding hydrogens is 269 g/mol. The van der Waals surface area contributed by atoms with E-state index in [0.29, 0.717) is 0 Å². The van der Waals surface area contributed by atoms with Crippen molar-refractivity contribution in [2.45, 2.75) is 19.0 Å². The van der Waals surface area contributed by atoms with Crippen molar-refractivity contribution >= 4 is 17.6 Å². The molecule has 0 bridgehead atoms. The van der Waals surface area contributed by atoms with Crippen molar-refractivity contribution in [1.29, 1.82) is 0 Å². The maximum Gasteiger partial charge on any atom is 0.407 e. The van der Waals surface area contributed by atoms with Crippen LogP contribution in [0.15, 0.2) is 17.6 Å². The van der Waals surface area contributed by atoms with Crippen LogP contribution in [-0.4, -0.2) is 39.7 Å². The van der Waals surface area contributed by atoms with Gasteiger partial charge in [0, 0.05) is 24.7 Å². The third-order valence-electron chi connectivity index (χ3n) is 2.58. The van der Waals surface area contributed by atoms with Crippen LogP contribution in [0.5, 0.6) is 0 Å². The van der Waals surface area contributed by atoms with Crippen LogP contribution in [-0.2, 0) is 0 Å². The molecule has 2 heterocycles. The van der Waals surface area contributed by atoms with Gasteiger partial charge >= 0.3 is 12.3 Å². The first-order valence-corrected chi connectivity index (χ1v) is 6.14. The minimum atomic E-state index is -4.18. The first-order valence-electron chi connectivity index (χ1n) is 5.30. The van der Waals surface area contributed by atoms with Gasteiger partial charge in [-0.15, -0.1) is 0 Å². The summed E-state index contributed by atoms with van der Waals surface area (Å²) in [7, 11) is 0. The number of nitrogens with zero attached hydrogens (tertiary/aromatic N) is 2. The van der Waals surface area contributed by atoms with Gasteiger partial charge in [-0.25, -0.2) is 9.17 Å². The summed E-state index contributed by atoms with van der Waals surface area (Å²) >= 11 is 1.46. The molecule has 1 aromatic heterocycles. The van der Waals surface area contributed by atoms with Crippen LogP contribution in [0.3, 0.4) is 0 Å². The van der Waals surface area contributed by atoms with Gasteiger partial charge in [-0.2, -0.15) is 13.2 Å². The highest BCUT2D eigenvalue weighted by Gasteiger charge is 2.41. The zero-order valence-corrected chi connectivity index (χ0v) is 10.2. The van der Waals surface area contributed by atoms with E-state index in [-0.39, 0.29) is 25.9 Å². The lowest BCUT2D eigenvalue weighted by molar-refractivity contribution is -0.184. The molecular formula is C10H13F3N2O2S. The molecule has 0 unspecified atom stereocenters. The summed E-state index contributed by atoms with van der Waals surface area (Å²) < 4.78 is 40.1. The summed E-state index contributed by atoms with van der Waals surface area (Å²) in [6.45, 7) is -0.0288. The number of alkyl halides is 3. The van der Waals surface area contributed by atoms with Crippen LogP contribution in [0, 0.1) is 5.92 Å². The Bertz CT molecular complexity index is 331. The lowest BCUT2D eigenvalue weighted by Gasteiger charge is -2.30. The molecule has 0 radical (unpaired) electrons. The molecule has 1 fully saturated rings. The molecule has 102 valence electrons. The van der Waals surface area contributed by atoms with E-state index in [1.807, 2.05) is 11.4 Å². The maximum atomic E-state index is 12.1. The normalized spacial score (nSPS) is 16.9. The van der Waals surface area contributed by atoms with Gasteiger partial charge in [0.25, 0.3) is 0 Å². The van der Waals surface area contributed by atoms with E-state index in [1.54, 1.807) is 6.20 Å². The number of hydrogen-bond donors (Lipinski definition) is 1. The Morgan fingerprint density at radius 2 is 2.00 bits per heavy atom. The molecule has 0 aliphatic carbocycles. The van der Waals surface area contributed by atoms with E-state index in [2.05, 4.69) is 4.37 Å². The Kier molecular flexibility index (Phi) is 5.39. The molecule has 4 nitrogen and oxygen atoms in total. The highest BCUT2D eigenvalue weighted by atomic mass is 32.1. The maximum absolute atomic E-state index is 12.1. The van der Waals surface area contributed by atoms with E-state index >= 15 is 0 Å². The van der Waals surface area contributed by atoms with Crippen molar-refractivity contribution in [1.82, 2.24) is 9.27 Å². The monoisotopic (exact) mass is 282 g/mol. The Morgan fingerprint density at radius 3 is 2.28 bits per heavy atom. The Hall–Kier alpha value is -1.31. The average molecular weight is 282 g/mol. The summed E-state index contributed by atoms with van der Waals surface area (Å²) in [5, 5.41) is 10.4. The van der Waals surface area contributed by atoms with Gasteiger partial charge in [-0.3, -0.25) is 0 Å². The molecule has 1 aliphatic heterocycles. The number of rotatable bonds is 0. The van der Waals surface area contributed by atoms with Gasteiger partial charge in [0.2, 0.25) is 0 Å². The minimum Gasteiger partial charge on any atom is -0.465 e. The second-order valence-electron chi connectivity index (χ2n) is 3.77. The van der Waals surface area contributed by atoms with E-state index in [1.165, 1.54) is 11.5 Å². The number of halogens is 3. The highest BCUT2D eigenvalue weighted by molar-refractivity contribution is 7.03. The van der Waals surface area contributed by atoms with Crippen LogP contribution in [0.25, 0.3) is 0 Å². The molecule has 2 rings (SSSR count). The molecule has 8 heteroatoms. The van der Waals surface area contributed by atoms with Crippen molar-refractivity contribution in [2.75, 3.05) is 13.1 Å². The zero-order valence-electron chi connectivity index (χ0n) is 9.43. The van der Waals surface area contributed by atoms with Crippen LogP contribution >= 0.6 is 11.5 Å². The quantitative estimate of drug-likeness (QED) is 0.795. The van der Waals surface area contributed by atoms with Crippen molar-refractivity contribution in [3.8, 4) is 0 Å².